The highest BCUT2D eigenvalue weighted by molar-refractivity contribution is 5.96. The molecule has 0 saturated carbocycles. The molecule has 2 nitrogen and oxygen atoms in total. The molecule has 0 radical (unpaired) electrons. The van der Waals surface area contributed by atoms with Crippen molar-refractivity contribution in [1.29, 1.82) is 0 Å². The van der Waals surface area contributed by atoms with E-state index in [0.29, 0.717) is 12.3 Å². The van der Waals surface area contributed by atoms with E-state index >= 15 is 0 Å². The summed E-state index contributed by atoms with van der Waals surface area (Å²) in [5.74, 6) is 0.826. The van der Waals surface area contributed by atoms with E-state index in [1.54, 1.807) is 0 Å². The van der Waals surface area contributed by atoms with Crippen molar-refractivity contribution < 1.29 is 4.79 Å². The van der Waals surface area contributed by atoms with Crippen molar-refractivity contribution in [3.05, 3.63) is 29.8 Å². The lowest BCUT2D eigenvalue weighted by Crippen LogP contribution is -2.08. The molecule has 0 aliphatic rings. The van der Waals surface area contributed by atoms with Crippen LogP contribution in [0.3, 0.4) is 0 Å². The number of anilines is 1. The Morgan fingerprint density at radius 3 is 2.33 bits per heavy atom. The van der Waals surface area contributed by atoms with E-state index in [1.165, 1.54) is 0 Å². The smallest absolute Gasteiger partial charge is 0.162 e. The number of nitrogens with one attached hydrogen (secondary N) is 1. The van der Waals surface area contributed by atoms with Gasteiger partial charge in [0, 0.05) is 24.2 Å². The zero-order valence-electron chi connectivity index (χ0n) is 9.71. The first kappa shape index (κ1) is 11.8. The van der Waals surface area contributed by atoms with Gasteiger partial charge in [-0.2, -0.15) is 0 Å². The molecule has 0 fully saturated rings. The number of Topliss-reactive ketones (excluding diaryl/α,β-unsaturated/α-hetero) is 1. The zero-order valence-corrected chi connectivity index (χ0v) is 9.71. The Kier molecular flexibility index (Phi) is 4.35. The summed E-state index contributed by atoms with van der Waals surface area (Å²) < 4.78 is 0. The van der Waals surface area contributed by atoms with Crippen LogP contribution in [0.25, 0.3) is 0 Å². The van der Waals surface area contributed by atoms with Crippen LogP contribution < -0.4 is 5.32 Å². The molecule has 1 rings (SSSR count). The van der Waals surface area contributed by atoms with Gasteiger partial charge in [-0.3, -0.25) is 4.79 Å². The van der Waals surface area contributed by atoms with Crippen LogP contribution in [-0.4, -0.2) is 12.3 Å². The van der Waals surface area contributed by atoms with Crippen molar-refractivity contribution in [1.82, 2.24) is 0 Å². The maximum Gasteiger partial charge on any atom is 0.162 e. The minimum absolute atomic E-state index is 0.199. The molecular formula is C13H19NO. The first-order chi connectivity index (χ1) is 7.13. The summed E-state index contributed by atoms with van der Waals surface area (Å²) >= 11 is 0. The number of rotatable bonds is 5. The Bertz CT molecular complexity index is 314. The molecule has 0 amide bonds. The molecule has 1 aromatic rings. The second kappa shape index (κ2) is 5.54. The van der Waals surface area contributed by atoms with Crippen LogP contribution in [0, 0.1) is 5.92 Å². The van der Waals surface area contributed by atoms with Crippen LogP contribution in [0.4, 0.5) is 5.69 Å². The van der Waals surface area contributed by atoms with E-state index in [0.717, 1.165) is 17.8 Å². The summed E-state index contributed by atoms with van der Waals surface area (Å²) in [6.07, 6.45) is 0.568. The Balaban J connectivity index is 2.60. The van der Waals surface area contributed by atoms with Gasteiger partial charge in [0.25, 0.3) is 0 Å². The fourth-order valence-electron chi connectivity index (χ4n) is 1.30. The highest BCUT2D eigenvalue weighted by Gasteiger charge is 2.02. The highest BCUT2D eigenvalue weighted by atomic mass is 16.1. The third kappa shape index (κ3) is 3.74. The van der Waals surface area contributed by atoms with E-state index < -0.39 is 0 Å². The van der Waals surface area contributed by atoms with Crippen molar-refractivity contribution in [3.8, 4) is 0 Å². The fraction of sp³-hybridized carbons (Fsp3) is 0.462. The number of carbonyl (C=O) groups is 1. The molecule has 0 aliphatic heterocycles. The lowest BCUT2D eigenvalue weighted by Gasteiger charge is -2.09. The van der Waals surface area contributed by atoms with Gasteiger partial charge in [-0.05, 0) is 30.2 Å². The molecule has 2 heteroatoms. The summed E-state index contributed by atoms with van der Waals surface area (Å²) in [6, 6.07) is 7.69. The lowest BCUT2D eigenvalue weighted by molar-refractivity contribution is 0.0988. The van der Waals surface area contributed by atoms with Gasteiger partial charge in [0.05, 0.1) is 0 Å². The summed E-state index contributed by atoms with van der Waals surface area (Å²) in [7, 11) is 0. The van der Waals surface area contributed by atoms with Gasteiger partial charge in [-0.25, -0.2) is 0 Å². The van der Waals surface area contributed by atoms with E-state index in [9.17, 15) is 4.79 Å². The summed E-state index contributed by atoms with van der Waals surface area (Å²) in [5, 5.41) is 3.32. The molecular weight excluding hydrogens is 186 g/mol. The molecule has 0 unspecified atom stereocenters. The van der Waals surface area contributed by atoms with Gasteiger partial charge in [0.2, 0.25) is 0 Å². The average molecular weight is 205 g/mol. The van der Waals surface area contributed by atoms with E-state index in [-0.39, 0.29) is 5.78 Å². The average Bonchev–Trinajstić information content (AvgIpc) is 2.26. The molecule has 15 heavy (non-hydrogen) atoms. The Morgan fingerprint density at radius 2 is 1.87 bits per heavy atom. The fourth-order valence-corrected chi connectivity index (χ4v) is 1.30. The van der Waals surface area contributed by atoms with Crippen LogP contribution in [0.5, 0.6) is 0 Å². The van der Waals surface area contributed by atoms with Crippen molar-refractivity contribution in [2.24, 2.45) is 5.92 Å². The van der Waals surface area contributed by atoms with Crippen molar-refractivity contribution in [2.75, 3.05) is 11.9 Å². The van der Waals surface area contributed by atoms with E-state index in [1.807, 2.05) is 31.2 Å². The van der Waals surface area contributed by atoms with Crippen LogP contribution >= 0.6 is 0 Å². The van der Waals surface area contributed by atoms with Gasteiger partial charge in [-0.15, -0.1) is 0 Å². The molecule has 0 spiro atoms. The number of hydrogen-bond acceptors (Lipinski definition) is 2. The molecule has 0 atom stereocenters. The number of ketones is 1. The molecule has 0 aliphatic carbocycles. The minimum atomic E-state index is 0.199. The Hall–Kier alpha value is -1.31. The second-order valence-electron chi connectivity index (χ2n) is 4.13. The quantitative estimate of drug-likeness (QED) is 0.747. The normalized spacial score (nSPS) is 10.4. The van der Waals surface area contributed by atoms with Crippen LogP contribution in [0.15, 0.2) is 24.3 Å². The summed E-state index contributed by atoms with van der Waals surface area (Å²) in [4.78, 5) is 11.4. The molecule has 0 saturated heterocycles. The van der Waals surface area contributed by atoms with Crippen molar-refractivity contribution >= 4 is 11.5 Å². The predicted molar refractivity (Wildman–Crippen MR) is 64.4 cm³/mol. The van der Waals surface area contributed by atoms with Gasteiger partial charge >= 0.3 is 0 Å². The predicted octanol–water partition coefficient (Wildman–Crippen LogP) is 3.35. The number of benzene rings is 1. The SMILES string of the molecule is CCC(=O)c1ccc(NCC(C)C)cc1. The summed E-state index contributed by atoms with van der Waals surface area (Å²) in [5.41, 5.74) is 1.88. The molecule has 1 aromatic carbocycles. The van der Waals surface area contributed by atoms with Crippen LogP contribution in [-0.2, 0) is 0 Å². The third-order valence-electron chi connectivity index (χ3n) is 2.24. The molecule has 1 N–H and O–H groups in total. The number of carbonyl (C=O) groups excluding carboxylic acids is 1. The summed E-state index contributed by atoms with van der Waals surface area (Å²) in [6.45, 7) is 7.18. The van der Waals surface area contributed by atoms with Gasteiger partial charge in [0.15, 0.2) is 5.78 Å². The van der Waals surface area contributed by atoms with Crippen molar-refractivity contribution in [2.45, 2.75) is 27.2 Å². The standard InChI is InChI=1S/C13H19NO/c1-4-13(15)11-5-7-12(8-6-11)14-9-10(2)3/h5-8,10,14H,4,9H2,1-3H3. The topological polar surface area (TPSA) is 29.1 Å². The first-order valence-corrected chi connectivity index (χ1v) is 5.50. The molecule has 0 heterocycles. The van der Waals surface area contributed by atoms with Gasteiger partial charge in [0.1, 0.15) is 0 Å². The van der Waals surface area contributed by atoms with Gasteiger partial charge < -0.3 is 5.32 Å². The monoisotopic (exact) mass is 205 g/mol. The maximum atomic E-state index is 11.4. The Morgan fingerprint density at radius 1 is 1.27 bits per heavy atom. The minimum Gasteiger partial charge on any atom is -0.385 e. The van der Waals surface area contributed by atoms with E-state index in [2.05, 4.69) is 19.2 Å². The number of hydrogen-bond donors (Lipinski definition) is 1. The van der Waals surface area contributed by atoms with Gasteiger partial charge in [-0.1, -0.05) is 20.8 Å². The molecule has 82 valence electrons. The van der Waals surface area contributed by atoms with Crippen LogP contribution in [0.2, 0.25) is 0 Å². The van der Waals surface area contributed by atoms with Crippen LogP contribution in [0.1, 0.15) is 37.6 Å². The third-order valence-corrected chi connectivity index (χ3v) is 2.24. The highest BCUT2D eigenvalue weighted by Crippen LogP contribution is 2.11. The van der Waals surface area contributed by atoms with E-state index in [4.69, 9.17) is 0 Å². The molecule has 0 bridgehead atoms. The maximum absolute atomic E-state index is 11.4. The molecule has 0 aromatic heterocycles. The lowest BCUT2D eigenvalue weighted by atomic mass is 10.1. The van der Waals surface area contributed by atoms with Crippen molar-refractivity contribution in [3.63, 3.8) is 0 Å². The Labute approximate surface area is 91.7 Å². The largest absolute Gasteiger partial charge is 0.385 e. The second-order valence-corrected chi connectivity index (χ2v) is 4.13. The zero-order chi connectivity index (χ0) is 11.3. The first-order valence-electron chi connectivity index (χ1n) is 5.50.